The summed E-state index contributed by atoms with van der Waals surface area (Å²) in [4.78, 5) is 23.3. The fraction of sp³-hybridized carbons (Fsp3) is 0.164. The van der Waals surface area contributed by atoms with Crippen LogP contribution in [0, 0.1) is 0 Å². The second-order valence-corrected chi connectivity index (χ2v) is 23.5. The molecule has 0 atom stereocenters. The highest BCUT2D eigenvalue weighted by atomic mass is 32.2. The van der Waals surface area contributed by atoms with E-state index in [2.05, 4.69) is 228 Å². The first-order valence-electron chi connectivity index (χ1n) is 28.7. The first-order valence-corrected chi connectivity index (χ1v) is 29.4. The summed E-state index contributed by atoms with van der Waals surface area (Å²) in [6.45, 7) is 2.00. The summed E-state index contributed by atoms with van der Waals surface area (Å²) in [6.07, 6.45) is 7.80. The topological polar surface area (TPSA) is 57.9 Å². The molecule has 1 saturated heterocycles. The summed E-state index contributed by atoms with van der Waals surface area (Å²) >= 11 is 3.81. The van der Waals surface area contributed by atoms with Gasteiger partial charge in [-0.05, 0) is 129 Å². The molecule has 2 spiro atoms. The fourth-order valence-corrected chi connectivity index (χ4v) is 16.4. The van der Waals surface area contributed by atoms with Crippen LogP contribution in [0.25, 0.3) is 65.9 Å². The average Bonchev–Trinajstić information content (AvgIpc) is 4.46. The number of aromatic nitrogens is 2. The lowest BCUT2D eigenvalue weighted by Crippen LogP contribution is -2.32. The molecule has 398 valence electrons. The van der Waals surface area contributed by atoms with Gasteiger partial charge >= 0.3 is 0 Å². The number of para-hydroxylation sites is 2. The second kappa shape index (κ2) is 20.9. The Kier molecular flexibility index (Phi) is 13.2. The molecule has 10 aromatic carbocycles. The van der Waals surface area contributed by atoms with E-state index >= 15 is 0 Å². The molecule has 5 heterocycles. The van der Waals surface area contributed by atoms with E-state index in [0.29, 0.717) is 5.78 Å². The third kappa shape index (κ3) is 7.87. The van der Waals surface area contributed by atoms with Gasteiger partial charge in [-0.25, -0.2) is 0 Å². The van der Waals surface area contributed by atoms with Crippen molar-refractivity contribution in [1.82, 2.24) is 9.97 Å². The highest BCUT2D eigenvalue weighted by molar-refractivity contribution is 8.00. The van der Waals surface area contributed by atoms with Crippen molar-refractivity contribution in [2.24, 2.45) is 0 Å². The quantitative estimate of drug-likeness (QED) is 0.159. The van der Waals surface area contributed by atoms with Gasteiger partial charge < -0.3 is 14.7 Å². The molecule has 2 aromatic heterocycles. The maximum Gasteiger partial charge on any atom is 0.132 e. The number of ether oxygens (including phenoxy) is 1. The molecule has 2 N–H and O–H groups in total. The fourth-order valence-electron chi connectivity index (χ4n) is 13.9. The molecular weight excluding hydrogens is 1020 g/mol. The van der Waals surface area contributed by atoms with E-state index in [4.69, 9.17) is 7.71 Å². The number of fused-ring (bicyclic) bond motifs is 25. The smallest absolute Gasteiger partial charge is 0.132 e. The van der Waals surface area contributed by atoms with Crippen molar-refractivity contribution in [1.29, 1.82) is 0 Å². The summed E-state index contributed by atoms with van der Waals surface area (Å²) in [7, 11) is 0. The number of carbonyl (C=O) groups is 1. The van der Waals surface area contributed by atoms with E-state index in [9.17, 15) is 4.79 Å². The van der Waals surface area contributed by atoms with Crippen LogP contribution in [0.5, 0.6) is 0 Å². The zero-order valence-corrected chi connectivity index (χ0v) is 45.3. The van der Waals surface area contributed by atoms with Crippen molar-refractivity contribution in [2.45, 2.75) is 82.8 Å². The number of ketones is 1. The molecule has 0 unspecified atom stereocenters. The van der Waals surface area contributed by atoms with Gasteiger partial charge in [0.25, 0.3) is 0 Å². The molecule has 0 radical (unpaired) electrons. The molecular formula is C73H65FN2O2S2. The number of hydrogen-bond donors (Lipinski definition) is 2. The molecule has 12 aromatic rings. The molecule has 18 rings (SSSR count). The first kappa shape index (κ1) is 50.3. The minimum absolute atomic E-state index is 0. The number of halogens is 1. The van der Waals surface area contributed by atoms with E-state index in [1.54, 1.807) is 0 Å². The van der Waals surface area contributed by atoms with Crippen LogP contribution in [0.4, 0.5) is 4.70 Å². The van der Waals surface area contributed by atoms with Crippen LogP contribution >= 0.6 is 23.5 Å². The maximum atomic E-state index is 10.5. The van der Waals surface area contributed by atoms with Gasteiger partial charge in [0, 0.05) is 88.1 Å². The van der Waals surface area contributed by atoms with Crippen LogP contribution in [-0.2, 0) is 20.4 Å². The van der Waals surface area contributed by atoms with Crippen molar-refractivity contribution in [2.75, 3.05) is 13.2 Å². The third-order valence-electron chi connectivity index (χ3n) is 17.2. The molecule has 6 aliphatic rings. The molecule has 3 aliphatic heterocycles. The van der Waals surface area contributed by atoms with Crippen molar-refractivity contribution >= 4 is 72.9 Å². The van der Waals surface area contributed by atoms with Crippen LogP contribution in [0.1, 0.15) is 101 Å². The predicted molar refractivity (Wildman–Crippen MR) is 336 cm³/mol. The Morgan fingerprint density at radius 3 is 1.36 bits per heavy atom. The van der Waals surface area contributed by atoms with E-state index < -0.39 is 0 Å². The van der Waals surface area contributed by atoms with Crippen LogP contribution in [0.15, 0.2) is 238 Å². The number of carbonyl (C=O) groups excluding carboxylic acids is 1. The number of benzene rings is 10. The number of rotatable bonds is 0. The third-order valence-corrected chi connectivity index (χ3v) is 19.5. The number of aromatic amines is 2. The monoisotopic (exact) mass is 1090 g/mol. The minimum atomic E-state index is -0.310. The van der Waals surface area contributed by atoms with E-state index in [1.165, 1.54) is 149 Å². The maximum absolute atomic E-state index is 10.5. The largest absolute Gasteiger partial charge is 0.381 e. The minimum Gasteiger partial charge on any atom is -0.381 e. The van der Waals surface area contributed by atoms with Gasteiger partial charge in [-0.2, -0.15) is 0 Å². The molecule has 1 saturated carbocycles. The molecule has 0 bridgehead atoms. The Morgan fingerprint density at radius 2 is 0.850 bits per heavy atom. The number of Topliss-reactive ketones (excluding diaryl/α,β-unsaturated/α-hetero) is 1. The molecule has 80 heavy (non-hydrogen) atoms. The van der Waals surface area contributed by atoms with Gasteiger partial charge in [-0.15, -0.1) is 0 Å². The van der Waals surface area contributed by atoms with Crippen molar-refractivity contribution in [3.63, 3.8) is 0 Å². The highest BCUT2D eigenvalue weighted by Crippen LogP contribution is 2.64. The molecule has 4 nitrogen and oxygen atoms in total. The van der Waals surface area contributed by atoms with Gasteiger partial charge in [0.05, 0.1) is 16.3 Å². The van der Waals surface area contributed by atoms with E-state index in [0.717, 1.165) is 38.9 Å². The Morgan fingerprint density at radius 1 is 0.400 bits per heavy atom. The molecule has 0 amide bonds. The van der Waals surface area contributed by atoms with Crippen LogP contribution in [-0.4, -0.2) is 29.0 Å². The van der Waals surface area contributed by atoms with Crippen LogP contribution in [0.3, 0.4) is 0 Å². The lowest BCUT2D eigenvalue weighted by Gasteiger charge is -2.39. The van der Waals surface area contributed by atoms with Crippen molar-refractivity contribution in [3.8, 4) is 22.3 Å². The van der Waals surface area contributed by atoms with Gasteiger partial charge in [-0.3, -0.25) is 9.50 Å². The SMILES string of the molecule is C.C1CCOC1.F.O=C1CCCCC1.[2H][2H].[HH].c1ccc2c(c1)Sc1c(ccc3c1[nH]c1ccccc13)C21c2ccccc2-c2ccccc21.c1ccc2c(c1)Sc1cc3c(cc1C21c2ccccc2-c2ccccc21)[nH]c1ccccc13. The Bertz CT molecular complexity index is 4150. The average molecular weight is 1090 g/mol. The lowest BCUT2D eigenvalue weighted by molar-refractivity contribution is -0.120. The van der Waals surface area contributed by atoms with Crippen LogP contribution in [0.2, 0.25) is 0 Å². The van der Waals surface area contributed by atoms with Gasteiger partial charge in [0.15, 0.2) is 0 Å². The Hall–Kier alpha value is -7.94. The van der Waals surface area contributed by atoms with Crippen molar-refractivity contribution < 1.29 is 18.6 Å². The first-order chi connectivity index (χ1) is 39.6. The predicted octanol–water partition coefficient (Wildman–Crippen LogP) is 19.9. The lowest BCUT2D eigenvalue weighted by atomic mass is 9.67. The summed E-state index contributed by atoms with van der Waals surface area (Å²) in [5.41, 5.74) is 20.7. The Labute approximate surface area is 480 Å². The highest BCUT2D eigenvalue weighted by Gasteiger charge is 2.52. The second-order valence-electron chi connectivity index (χ2n) is 21.4. The number of H-pyrrole nitrogens is 2. The summed E-state index contributed by atoms with van der Waals surface area (Å²) in [5.74, 6) is 0.464. The van der Waals surface area contributed by atoms with E-state index in [-0.39, 0.29) is 24.4 Å². The standard InChI is InChI=1S/2C31H19NS.C6H10O.C4H8O.CH4.FH.2H2/c1-4-12-23-19(9-1)20-10-2-5-13-24(20)31(23)25-14-6-8-16-29(25)33-30-17-22-21-11-3-7-15-27(21)32-28(22)18-26(30)31;1-4-12-23-19(9-1)20-10-2-5-13-24(20)31(23)25-14-6-8-16-28(25)33-30-26(31)18-17-22-21-11-3-7-15-27(21)32-29(22)30;7-6-4-2-1-3-5-6;1-2-4-5-3-1;;;;/h2*1-18,32H;1-5H2;1-4H2;1H4;3*1H/i;;;;;;1+1D;. The van der Waals surface area contributed by atoms with Gasteiger partial charge in [0.1, 0.15) is 5.78 Å². The summed E-state index contributed by atoms with van der Waals surface area (Å²) in [5, 5.41) is 5.17. The molecule has 3 aliphatic carbocycles. The molecule has 7 heteroatoms. The summed E-state index contributed by atoms with van der Waals surface area (Å²) in [6, 6.07) is 80.7. The Balaban J connectivity index is 0.000000137. The number of hydrogen-bond acceptors (Lipinski definition) is 4. The zero-order valence-electron chi connectivity index (χ0n) is 45.7. The summed E-state index contributed by atoms with van der Waals surface area (Å²) < 4.78 is 14.9. The normalized spacial score (nSPS) is 15.8. The van der Waals surface area contributed by atoms with E-state index in [1.807, 2.05) is 23.5 Å². The zero-order chi connectivity index (χ0) is 53.8. The van der Waals surface area contributed by atoms with Crippen LogP contribution < -0.4 is 0 Å². The van der Waals surface area contributed by atoms with Crippen molar-refractivity contribution in [3.05, 3.63) is 263 Å². The van der Waals surface area contributed by atoms with Gasteiger partial charge in [-0.1, -0.05) is 219 Å². The molecule has 2 fully saturated rings. The number of nitrogens with one attached hydrogen (secondary N) is 2. The van der Waals surface area contributed by atoms with Gasteiger partial charge in [0.2, 0.25) is 0 Å².